The van der Waals surface area contributed by atoms with Crippen molar-refractivity contribution in [3.63, 3.8) is 0 Å². The molecule has 5 nitrogen and oxygen atoms in total. The fourth-order valence-corrected chi connectivity index (χ4v) is 2.72. The highest BCUT2D eigenvalue weighted by Crippen LogP contribution is 2.35. The molecule has 0 radical (unpaired) electrons. The minimum atomic E-state index is 0.262. The van der Waals surface area contributed by atoms with Crippen molar-refractivity contribution in [3.05, 3.63) is 41.3 Å². The van der Waals surface area contributed by atoms with Crippen LogP contribution in [0.5, 0.6) is 5.75 Å². The number of aromatic nitrogens is 2. The molecule has 1 aliphatic rings. The molecular weight excluding hydrogens is 288 g/mol. The van der Waals surface area contributed by atoms with Gasteiger partial charge < -0.3 is 15.4 Å². The predicted octanol–water partition coefficient (Wildman–Crippen LogP) is 3.15. The maximum Gasteiger partial charge on any atom is 0.224 e. The molecule has 0 saturated heterocycles. The molecule has 1 atom stereocenters. The summed E-state index contributed by atoms with van der Waals surface area (Å²) in [5.41, 5.74) is 2.52. The van der Waals surface area contributed by atoms with E-state index in [0.29, 0.717) is 5.92 Å². The third-order valence-electron chi connectivity index (χ3n) is 3.66. The first-order chi connectivity index (χ1) is 10.3. The standard InChI is InChI=1S/C15H17ClN4O/c1-21-11-2-3-13-12(8-11)10(9-19-13)4-6-17-14-5-7-18-15(16)20-14/h2-3,5,7-8,10,19H,4,6,9H2,1H3,(H,17,18,20). The number of benzene rings is 1. The van der Waals surface area contributed by atoms with Gasteiger partial charge in [0.15, 0.2) is 0 Å². The molecule has 0 spiro atoms. The number of anilines is 2. The summed E-state index contributed by atoms with van der Waals surface area (Å²) in [5.74, 6) is 2.13. The van der Waals surface area contributed by atoms with Gasteiger partial charge in [0.25, 0.3) is 0 Å². The maximum atomic E-state index is 5.77. The topological polar surface area (TPSA) is 59.1 Å². The highest BCUT2D eigenvalue weighted by molar-refractivity contribution is 6.28. The minimum absolute atomic E-state index is 0.262. The van der Waals surface area contributed by atoms with Crippen LogP contribution in [-0.4, -0.2) is 30.2 Å². The Labute approximate surface area is 128 Å². The second-order valence-corrected chi connectivity index (χ2v) is 5.30. The number of nitrogens with zero attached hydrogens (tertiary/aromatic N) is 2. The molecule has 2 N–H and O–H groups in total. The first-order valence-corrected chi connectivity index (χ1v) is 7.28. The lowest BCUT2D eigenvalue weighted by molar-refractivity contribution is 0.414. The fraction of sp³-hybridized carbons (Fsp3) is 0.333. The lowest BCUT2D eigenvalue weighted by Crippen LogP contribution is -2.10. The van der Waals surface area contributed by atoms with E-state index in [0.717, 1.165) is 31.1 Å². The van der Waals surface area contributed by atoms with E-state index in [9.17, 15) is 0 Å². The van der Waals surface area contributed by atoms with Crippen LogP contribution in [0, 0.1) is 0 Å². The second kappa shape index (κ2) is 6.18. The van der Waals surface area contributed by atoms with Gasteiger partial charge in [-0.05, 0) is 47.9 Å². The van der Waals surface area contributed by atoms with E-state index in [1.54, 1.807) is 13.3 Å². The Morgan fingerprint density at radius 1 is 1.43 bits per heavy atom. The summed E-state index contributed by atoms with van der Waals surface area (Å²) in [6, 6.07) is 7.98. The van der Waals surface area contributed by atoms with Crippen molar-refractivity contribution in [1.82, 2.24) is 9.97 Å². The third kappa shape index (κ3) is 3.19. The molecule has 0 fully saturated rings. The number of ether oxygens (including phenoxy) is 1. The van der Waals surface area contributed by atoms with E-state index in [2.05, 4.69) is 32.7 Å². The smallest absolute Gasteiger partial charge is 0.224 e. The van der Waals surface area contributed by atoms with E-state index in [1.165, 1.54) is 11.3 Å². The number of hydrogen-bond acceptors (Lipinski definition) is 5. The molecule has 1 aliphatic heterocycles. The van der Waals surface area contributed by atoms with Crippen molar-refractivity contribution in [2.75, 3.05) is 30.8 Å². The maximum absolute atomic E-state index is 5.77. The van der Waals surface area contributed by atoms with Crippen molar-refractivity contribution in [2.45, 2.75) is 12.3 Å². The Morgan fingerprint density at radius 3 is 3.14 bits per heavy atom. The van der Waals surface area contributed by atoms with Gasteiger partial charge in [0, 0.05) is 30.9 Å². The predicted molar refractivity (Wildman–Crippen MR) is 84.4 cm³/mol. The average Bonchev–Trinajstić information content (AvgIpc) is 2.90. The van der Waals surface area contributed by atoms with Crippen LogP contribution in [0.15, 0.2) is 30.5 Å². The molecular formula is C15H17ClN4O. The zero-order valence-corrected chi connectivity index (χ0v) is 12.5. The molecule has 3 rings (SSSR count). The van der Waals surface area contributed by atoms with Gasteiger partial charge in [0.2, 0.25) is 5.28 Å². The normalized spacial score (nSPS) is 16.2. The molecule has 6 heteroatoms. The fourth-order valence-electron chi connectivity index (χ4n) is 2.58. The SMILES string of the molecule is COc1ccc2c(c1)C(CCNc1ccnc(Cl)n1)CN2. The first kappa shape index (κ1) is 13.9. The number of fused-ring (bicyclic) bond motifs is 1. The molecule has 0 bridgehead atoms. The van der Waals surface area contributed by atoms with Crippen LogP contribution in [-0.2, 0) is 0 Å². The Hall–Kier alpha value is -2.01. The van der Waals surface area contributed by atoms with Crippen LogP contribution in [0.25, 0.3) is 0 Å². The molecule has 1 aromatic heterocycles. The summed E-state index contributed by atoms with van der Waals surface area (Å²) in [6.07, 6.45) is 2.66. The third-order valence-corrected chi connectivity index (χ3v) is 3.84. The average molecular weight is 305 g/mol. The first-order valence-electron chi connectivity index (χ1n) is 6.90. The van der Waals surface area contributed by atoms with Gasteiger partial charge >= 0.3 is 0 Å². The lowest BCUT2D eigenvalue weighted by atomic mass is 9.97. The zero-order chi connectivity index (χ0) is 14.7. The number of hydrogen-bond donors (Lipinski definition) is 2. The highest BCUT2D eigenvalue weighted by atomic mass is 35.5. The van der Waals surface area contributed by atoms with Crippen molar-refractivity contribution < 1.29 is 4.74 Å². The molecule has 1 unspecified atom stereocenters. The van der Waals surface area contributed by atoms with Crippen LogP contribution < -0.4 is 15.4 Å². The summed E-state index contributed by atoms with van der Waals surface area (Å²) in [6.45, 7) is 1.78. The molecule has 2 heterocycles. The Morgan fingerprint density at radius 2 is 2.33 bits per heavy atom. The zero-order valence-electron chi connectivity index (χ0n) is 11.8. The lowest BCUT2D eigenvalue weighted by Gasteiger charge is -2.12. The Bertz CT molecular complexity index is 635. The monoisotopic (exact) mass is 304 g/mol. The Balaban J connectivity index is 1.60. The molecule has 0 saturated carbocycles. The van der Waals surface area contributed by atoms with Crippen molar-refractivity contribution >= 4 is 23.1 Å². The summed E-state index contributed by atoms with van der Waals surface area (Å²) >= 11 is 5.77. The molecule has 110 valence electrons. The molecule has 1 aromatic carbocycles. The van der Waals surface area contributed by atoms with Crippen LogP contribution in [0.3, 0.4) is 0 Å². The minimum Gasteiger partial charge on any atom is -0.497 e. The van der Waals surface area contributed by atoms with Crippen LogP contribution >= 0.6 is 11.6 Å². The van der Waals surface area contributed by atoms with Crippen molar-refractivity contribution in [2.24, 2.45) is 0 Å². The Kier molecular flexibility index (Phi) is 4.10. The van der Waals surface area contributed by atoms with E-state index >= 15 is 0 Å². The largest absolute Gasteiger partial charge is 0.497 e. The van der Waals surface area contributed by atoms with Crippen LogP contribution in [0.4, 0.5) is 11.5 Å². The summed E-state index contributed by atoms with van der Waals surface area (Å²) in [5, 5.41) is 6.97. The van der Waals surface area contributed by atoms with E-state index in [4.69, 9.17) is 16.3 Å². The van der Waals surface area contributed by atoms with Gasteiger partial charge in [-0.1, -0.05) is 0 Å². The van der Waals surface area contributed by atoms with Crippen LogP contribution in [0.2, 0.25) is 5.28 Å². The van der Waals surface area contributed by atoms with E-state index in [1.807, 2.05) is 12.1 Å². The van der Waals surface area contributed by atoms with Crippen molar-refractivity contribution in [3.8, 4) is 5.75 Å². The molecule has 2 aromatic rings. The molecule has 0 aliphatic carbocycles. The number of rotatable bonds is 5. The van der Waals surface area contributed by atoms with Gasteiger partial charge in [0.05, 0.1) is 7.11 Å². The van der Waals surface area contributed by atoms with Gasteiger partial charge in [-0.3, -0.25) is 0 Å². The molecule has 0 amide bonds. The van der Waals surface area contributed by atoms with Gasteiger partial charge in [-0.15, -0.1) is 0 Å². The highest BCUT2D eigenvalue weighted by Gasteiger charge is 2.22. The van der Waals surface area contributed by atoms with Crippen LogP contribution in [0.1, 0.15) is 17.9 Å². The number of methoxy groups -OCH3 is 1. The molecule has 21 heavy (non-hydrogen) atoms. The summed E-state index contributed by atoms with van der Waals surface area (Å²) in [7, 11) is 1.69. The van der Waals surface area contributed by atoms with Gasteiger partial charge in [-0.25, -0.2) is 9.97 Å². The van der Waals surface area contributed by atoms with E-state index < -0.39 is 0 Å². The number of nitrogens with one attached hydrogen (secondary N) is 2. The second-order valence-electron chi connectivity index (χ2n) is 4.96. The van der Waals surface area contributed by atoms with Crippen molar-refractivity contribution in [1.29, 1.82) is 0 Å². The summed E-state index contributed by atoms with van der Waals surface area (Å²) < 4.78 is 5.30. The number of halogens is 1. The van der Waals surface area contributed by atoms with Gasteiger partial charge in [0.1, 0.15) is 11.6 Å². The summed E-state index contributed by atoms with van der Waals surface area (Å²) in [4.78, 5) is 7.98. The van der Waals surface area contributed by atoms with Gasteiger partial charge in [-0.2, -0.15) is 0 Å². The quantitative estimate of drug-likeness (QED) is 0.831. The van der Waals surface area contributed by atoms with E-state index in [-0.39, 0.29) is 5.28 Å².